The van der Waals surface area contributed by atoms with Gasteiger partial charge in [-0.15, -0.1) is 11.3 Å². The van der Waals surface area contributed by atoms with Crippen LogP contribution in [0, 0.1) is 0 Å². The lowest BCUT2D eigenvalue weighted by Crippen LogP contribution is -2.24. The molecular formula is C16H13N3O2S. The highest BCUT2D eigenvalue weighted by atomic mass is 32.1. The van der Waals surface area contributed by atoms with Crippen molar-refractivity contribution in [2.75, 3.05) is 11.4 Å². The SMILES string of the molecule is O=C1C[C@@H](c2nc(-c3cccs3)no2)CN1c1ccccc1. The summed E-state index contributed by atoms with van der Waals surface area (Å²) in [7, 11) is 0. The molecule has 2 aromatic heterocycles. The zero-order chi connectivity index (χ0) is 14.9. The maximum atomic E-state index is 12.2. The molecule has 4 rings (SSSR count). The molecule has 0 N–H and O–H groups in total. The second-order valence-corrected chi connectivity index (χ2v) is 6.12. The van der Waals surface area contributed by atoms with E-state index in [9.17, 15) is 4.79 Å². The molecule has 1 aliphatic heterocycles. The Hall–Kier alpha value is -2.47. The highest BCUT2D eigenvalue weighted by molar-refractivity contribution is 7.13. The molecule has 0 unspecified atom stereocenters. The number of para-hydroxylation sites is 1. The van der Waals surface area contributed by atoms with Gasteiger partial charge in [0.15, 0.2) is 0 Å². The van der Waals surface area contributed by atoms with Gasteiger partial charge in [-0.05, 0) is 23.6 Å². The number of rotatable bonds is 3. The third-order valence-electron chi connectivity index (χ3n) is 3.73. The van der Waals surface area contributed by atoms with Gasteiger partial charge in [-0.3, -0.25) is 4.79 Å². The number of hydrogen-bond acceptors (Lipinski definition) is 5. The molecule has 1 aromatic carbocycles. The fourth-order valence-corrected chi connectivity index (χ4v) is 3.29. The van der Waals surface area contributed by atoms with Crippen LogP contribution in [-0.2, 0) is 4.79 Å². The van der Waals surface area contributed by atoms with Gasteiger partial charge in [-0.1, -0.05) is 29.4 Å². The van der Waals surface area contributed by atoms with E-state index in [2.05, 4.69) is 10.1 Å². The molecule has 1 aliphatic rings. The van der Waals surface area contributed by atoms with Crippen molar-refractivity contribution in [3.63, 3.8) is 0 Å². The number of benzene rings is 1. The summed E-state index contributed by atoms with van der Waals surface area (Å²) < 4.78 is 5.37. The van der Waals surface area contributed by atoms with E-state index in [1.165, 1.54) is 0 Å². The van der Waals surface area contributed by atoms with Gasteiger partial charge >= 0.3 is 0 Å². The average Bonchev–Trinajstić information content (AvgIpc) is 3.28. The van der Waals surface area contributed by atoms with E-state index in [-0.39, 0.29) is 11.8 Å². The van der Waals surface area contributed by atoms with Gasteiger partial charge in [0.1, 0.15) is 0 Å². The zero-order valence-corrected chi connectivity index (χ0v) is 12.5. The molecule has 0 saturated carbocycles. The molecule has 1 atom stereocenters. The molecule has 1 saturated heterocycles. The van der Waals surface area contributed by atoms with Crippen LogP contribution in [0.4, 0.5) is 5.69 Å². The summed E-state index contributed by atoms with van der Waals surface area (Å²) in [5.74, 6) is 1.17. The smallest absolute Gasteiger partial charge is 0.232 e. The minimum absolute atomic E-state index is 0.0473. The molecular weight excluding hydrogens is 298 g/mol. The Balaban J connectivity index is 1.56. The van der Waals surface area contributed by atoms with Crippen molar-refractivity contribution < 1.29 is 9.32 Å². The molecule has 0 bridgehead atoms. The van der Waals surface area contributed by atoms with Gasteiger partial charge in [0, 0.05) is 18.7 Å². The minimum atomic E-state index is -0.0473. The summed E-state index contributed by atoms with van der Waals surface area (Å²) in [5.41, 5.74) is 0.910. The summed E-state index contributed by atoms with van der Waals surface area (Å²) in [6.07, 6.45) is 0.404. The van der Waals surface area contributed by atoms with Crippen LogP contribution in [0.5, 0.6) is 0 Å². The van der Waals surface area contributed by atoms with Crippen LogP contribution in [0.2, 0.25) is 0 Å². The van der Waals surface area contributed by atoms with Crippen molar-refractivity contribution in [3.05, 3.63) is 53.7 Å². The third kappa shape index (κ3) is 2.31. The fourth-order valence-electron chi connectivity index (χ4n) is 2.64. The summed E-state index contributed by atoms with van der Waals surface area (Å²) in [6, 6.07) is 13.6. The van der Waals surface area contributed by atoms with Gasteiger partial charge in [0.25, 0.3) is 0 Å². The van der Waals surface area contributed by atoms with Crippen LogP contribution in [0.1, 0.15) is 18.2 Å². The Labute approximate surface area is 131 Å². The topological polar surface area (TPSA) is 59.2 Å². The van der Waals surface area contributed by atoms with Crippen LogP contribution >= 0.6 is 11.3 Å². The van der Waals surface area contributed by atoms with Crippen LogP contribution in [0.25, 0.3) is 10.7 Å². The van der Waals surface area contributed by atoms with Crippen molar-refractivity contribution in [2.45, 2.75) is 12.3 Å². The summed E-state index contributed by atoms with van der Waals surface area (Å²) in [4.78, 5) is 19.4. The Morgan fingerprint density at radius 1 is 1.18 bits per heavy atom. The van der Waals surface area contributed by atoms with E-state index < -0.39 is 0 Å². The fraction of sp³-hybridized carbons (Fsp3) is 0.188. The lowest BCUT2D eigenvalue weighted by atomic mass is 10.1. The summed E-state index contributed by atoms with van der Waals surface area (Å²) in [5, 5.41) is 5.99. The van der Waals surface area contributed by atoms with Crippen LogP contribution in [0.3, 0.4) is 0 Å². The van der Waals surface area contributed by atoms with Crippen LogP contribution in [0.15, 0.2) is 52.4 Å². The average molecular weight is 311 g/mol. The number of hydrogen-bond donors (Lipinski definition) is 0. The molecule has 0 radical (unpaired) electrons. The second kappa shape index (κ2) is 5.38. The Kier molecular flexibility index (Phi) is 3.23. The van der Waals surface area contributed by atoms with E-state index >= 15 is 0 Å². The van der Waals surface area contributed by atoms with Crippen molar-refractivity contribution in [2.24, 2.45) is 0 Å². The largest absolute Gasteiger partial charge is 0.339 e. The molecule has 6 heteroatoms. The standard InChI is InChI=1S/C16H13N3O2S/c20-14-9-11(10-19(14)12-5-2-1-3-6-12)16-17-15(18-21-16)13-7-4-8-22-13/h1-8,11H,9-10H2/t11-/m1/s1. The normalized spacial score (nSPS) is 18.1. The maximum Gasteiger partial charge on any atom is 0.232 e. The number of amides is 1. The van der Waals surface area contributed by atoms with Gasteiger partial charge < -0.3 is 9.42 Å². The van der Waals surface area contributed by atoms with E-state index in [1.807, 2.05) is 47.8 Å². The second-order valence-electron chi connectivity index (χ2n) is 5.17. The molecule has 3 aromatic rings. The van der Waals surface area contributed by atoms with Gasteiger partial charge in [-0.2, -0.15) is 4.98 Å². The Morgan fingerprint density at radius 3 is 2.82 bits per heavy atom. The summed E-state index contributed by atoms with van der Waals surface area (Å²) >= 11 is 1.57. The molecule has 5 nitrogen and oxygen atoms in total. The first kappa shape index (κ1) is 13.2. The highest BCUT2D eigenvalue weighted by Crippen LogP contribution is 2.32. The Bertz CT molecular complexity index is 783. The van der Waals surface area contributed by atoms with Crippen LogP contribution < -0.4 is 4.90 Å². The maximum absolute atomic E-state index is 12.2. The minimum Gasteiger partial charge on any atom is -0.339 e. The lowest BCUT2D eigenvalue weighted by molar-refractivity contribution is -0.117. The first-order valence-corrected chi connectivity index (χ1v) is 7.92. The molecule has 22 heavy (non-hydrogen) atoms. The van der Waals surface area contributed by atoms with Crippen molar-refractivity contribution >= 4 is 22.9 Å². The molecule has 0 spiro atoms. The number of carbonyl (C=O) groups excluding carboxylic acids is 1. The number of nitrogens with zero attached hydrogens (tertiary/aromatic N) is 3. The lowest BCUT2D eigenvalue weighted by Gasteiger charge is -2.15. The number of thiophene rings is 1. The van der Waals surface area contributed by atoms with Crippen molar-refractivity contribution in [3.8, 4) is 10.7 Å². The van der Waals surface area contributed by atoms with Crippen LogP contribution in [-0.4, -0.2) is 22.6 Å². The number of aromatic nitrogens is 2. The zero-order valence-electron chi connectivity index (χ0n) is 11.7. The molecule has 1 fully saturated rings. The first-order valence-electron chi connectivity index (χ1n) is 7.04. The monoisotopic (exact) mass is 311 g/mol. The molecule has 0 aliphatic carbocycles. The Morgan fingerprint density at radius 2 is 2.05 bits per heavy atom. The van der Waals surface area contributed by atoms with Gasteiger partial charge in [0.05, 0.1) is 10.8 Å². The third-order valence-corrected chi connectivity index (χ3v) is 4.59. The first-order chi connectivity index (χ1) is 10.8. The van der Waals surface area contributed by atoms with Crippen molar-refractivity contribution in [1.29, 1.82) is 0 Å². The van der Waals surface area contributed by atoms with Crippen molar-refractivity contribution in [1.82, 2.24) is 10.1 Å². The number of carbonyl (C=O) groups is 1. The van der Waals surface area contributed by atoms with E-state index in [4.69, 9.17) is 4.52 Å². The van der Waals surface area contributed by atoms with E-state index in [0.29, 0.717) is 24.7 Å². The number of anilines is 1. The van der Waals surface area contributed by atoms with E-state index in [1.54, 1.807) is 16.2 Å². The van der Waals surface area contributed by atoms with E-state index in [0.717, 1.165) is 10.6 Å². The molecule has 1 amide bonds. The molecule has 110 valence electrons. The molecule has 3 heterocycles. The predicted octanol–water partition coefficient (Wildman–Crippen LogP) is 3.32. The van der Waals surface area contributed by atoms with Gasteiger partial charge in [0.2, 0.25) is 17.6 Å². The quantitative estimate of drug-likeness (QED) is 0.744. The highest BCUT2D eigenvalue weighted by Gasteiger charge is 2.35. The predicted molar refractivity (Wildman–Crippen MR) is 83.8 cm³/mol. The summed E-state index contributed by atoms with van der Waals surface area (Å²) in [6.45, 7) is 0.578. The van der Waals surface area contributed by atoms with Gasteiger partial charge in [-0.25, -0.2) is 0 Å².